The van der Waals surface area contributed by atoms with Crippen LogP contribution in [0.3, 0.4) is 0 Å². The lowest BCUT2D eigenvalue weighted by Crippen LogP contribution is -2.28. The van der Waals surface area contributed by atoms with E-state index in [1.807, 2.05) is 24.3 Å². The first-order valence-corrected chi connectivity index (χ1v) is 8.93. The number of rotatable bonds is 5. The number of carbonyl (C=O) groups excluding carboxylic acids is 2. The predicted molar refractivity (Wildman–Crippen MR) is 103 cm³/mol. The summed E-state index contributed by atoms with van der Waals surface area (Å²) in [6.07, 6.45) is 1.11. The third-order valence-electron chi connectivity index (χ3n) is 4.56. The highest BCUT2D eigenvalue weighted by Gasteiger charge is 2.36. The molecular formula is C20H21ClN2O3. The molecule has 0 saturated carbocycles. The number of anilines is 2. The Hall–Kier alpha value is -2.53. The molecule has 6 heteroatoms. The lowest BCUT2D eigenvalue weighted by atomic mass is 10.1. The zero-order chi connectivity index (χ0) is 18.7. The van der Waals surface area contributed by atoms with E-state index in [1.165, 1.54) is 12.7 Å². The molecule has 0 aromatic heterocycles. The van der Waals surface area contributed by atoms with Gasteiger partial charge in [0, 0.05) is 23.7 Å². The van der Waals surface area contributed by atoms with E-state index >= 15 is 0 Å². The number of halogens is 1. The van der Waals surface area contributed by atoms with Gasteiger partial charge in [0.25, 0.3) is 0 Å². The van der Waals surface area contributed by atoms with Crippen molar-refractivity contribution in [1.29, 1.82) is 0 Å². The molecule has 5 nitrogen and oxygen atoms in total. The predicted octanol–water partition coefficient (Wildman–Crippen LogP) is 3.90. The van der Waals surface area contributed by atoms with Crippen LogP contribution in [0.5, 0.6) is 5.75 Å². The molecule has 0 spiro atoms. The van der Waals surface area contributed by atoms with Crippen LogP contribution in [-0.2, 0) is 16.0 Å². The summed E-state index contributed by atoms with van der Waals surface area (Å²) in [5.74, 6) is -0.144. The fraction of sp³-hybridized carbons (Fsp3) is 0.300. The van der Waals surface area contributed by atoms with Gasteiger partial charge in [0.15, 0.2) is 0 Å². The Labute approximate surface area is 157 Å². The summed E-state index contributed by atoms with van der Waals surface area (Å²) in [6, 6.07) is 12.8. The minimum atomic E-state index is -0.419. The van der Waals surface area contributed by atoms with E-state index in [2.05, 4.69) is 12.2 Å². The van der Waals surface area contributed by atoms with Crippen LogP contribution in [0, 0.1) is 5.92 Å². The van der Waals surface area contributed by atoms with Gasteiger partial charge in [-0.1, -0.05) is 30.7 Å². The molecule has 0 unspecified atom stereocenters. The van der Waals surface area contributed by atoms with Crippen molar-refractivity contribution in [3.8, 4) is 5.75 Å². The van der Waals surface area contributed by atoms with E-state index in [0.29, 0.717) is 23.0 Å². The van der Waals surface area contributed by atoms with Gasteiger partial charge in [-0.3, -0.25) is 9.59 Å². The molecule has 2 aromatic carbocycles. The van der Waals surface area contributed by atoms with Gasteiger partial charge in [0.1, 0.15) is 5.75 Å². The van der Waals surface area contributed by atoms with Crippen molar-refractivity contribution in [3.05, 3.63) is 53.1 Å². The summed E-state index contributed by atoms with van der Waals surface area (Å²) in [4.78, 5) is 26.6. The molecule has 0 aliphatic carbocycles. The number of aryl methyl sites for hydroxylation is 1. The highest BCUT2D eigenvalue weighted by Crippen LogP contribution is 2.35. The van der Waals surface area contributed by atoms with Crippen LogP contribution in [0.4, 0.5) is 11.4 Å². The Morgan fingerprint density at radius 2 is 2.00 bits per heavy atom. The van der Waals surface area contributed by atoms with Crippen molar-refractivity contribution in [1.82, 2.24) is 0 Å². The maximum absolute atomic E-state index is 12.6. The fourth-order valence-electron chi connectivity index (χ4n) is 3.06. The first kappa shape index (κ1) is 18.3. The van der Waals surface area contributed by atoms with E-state index in [-0.39, 0.29) is 18.2 Å². The maximum atomic E-state index is 12.6. The lowest BCUT2D eigenvalue weighted by molar-refractivity contribution is -0.122. The number of hydrogen-bond donors (Lipinski definition) is 1. The second-order valence-corrected chi connectivity index (χ2v) is 6.70. The Balaban J connectivity index is 1.72. The third-order valence-corrected chi connectivity index (χ3v) is 4.79. The molecule has 2 aromatic rings. The second kappa shape index (κ2) is 7.79. The molecule has 136 valence electrons. The van der Waals surface area contributed by atoms with Crippen LogP contribution in [-0.4, -0.2) is 25.5 Å². The molecule has 1 aliphatic heterocycles. The van der Waals surface area contributed by atoms with E-state index in [0.717, 1.165) is 12.1 Å². The van der Waals surface area contributed by atoms with Gasteiger partial charge in [-0.25, -0.2) is 0 Å². The average Bonchev–Trinajstić information content (AvgIpc) is 3.04. The van der Waals surface area contributed by atoms with Crippen LogP contribution in [0.2, 0.25) is 5.02 Å². The first-order chi connectivity index (χ1) is 12.5. The standard InChI is InChI=1S/C20H21ClN2O3/c1-3-13-4-7-16(8-5-13)22-20(25)14-10-19(24)23(12-14)17-11-15(21)6-9-18(17)26-2/h4-9,11,14H,3,10,12H2,1-2H3,(H,22,25)/t14-/m0/s1. The molecule has 1 atom stereocenters. The number of methoxy groups -OCH3 is 1. The lowest BCUT2D eigenvalue weighted by Gasteiger charge is -2.20. The van der Waals surface area contributed by atoms with Crippen molar-refractivity contribution < 1.29 is 14.3 Å². The Bertz CT molecular complexity index is 820. The molecule has 0 bridgehead atoms. The van der Waals surface area contributed by atoms with E-state index < -0.39 is 5.92 Å². The van der Waals surface area contributed by atoms with Gasteiger partial charge in [-0.05, 0) is 42.3 Å². The smallest absolute Gasteiger partial charge is 0.229 e. The summed E-state index contributed by atoms with van der Waals surface area (Å²) in [5, 5.41) is 3.40. The Morgan fingerprint density at radius 3 is 2.65 bits per heavy atom. The molecular weight excluding hydrogens is 352 g/mol. The van der Waals surface area contributed by atoms with Gasteiger partial charge in [-0.2, -0.15) is 0 Å². The second-order valence-electron chi connectivity index (χ2n) is 6.26. The number of carbonyl (C=O) groups is 2. The summed E-state index contributed by atoms with van der Waals surface area (Å²) >= 11 is 6.06. The Kier molecular flexibility index (Phi) is 5.47. The van der Waals surface area contributed by atoms with Crippen molar-refractivity contribution in [2.75, 3.05) is 23.9 Å². The van der Waals surface area contributed by atoms with Crippen molar-refractivity contribution in [2.45, 2.75) is 19.8 Å². The highest BCUT2D eigenvalue weighted by atomic mass is 35.5. The van der Waals surface area contributed by atoms with E-state index in [9.17, 15) is 9.59 Å². The minimum absolute atomic E-state index is 0.118. The minimum Gasteiger partial charge on any atom is -0.495 e. The molecule has 1 aliphatic rings. The molecule has 1 N–H and O–H groups in total. The van der Waals surface area contributed by atoms with Gasteiger partial charge in [0.2, 0.25) is 11.8 Å². The zero-order valence-corrected chi connectivity index (χ0v) is 15.5. The summed E-state index contributed by atoms with van der Waals surface area (Å²) in [6.45, 7) is 2.38. The fourth-order valence-corrected chi connectivity index (χ4v) is 3.22. The van der Waals surface area contributed by atoms with Gasteiger partial charge >= 0.3 is 0 Å². The SMILES string of the molecule is CCc1ccc(NC(=O)[C@H]2CC(=O)N(c3cc(Cl)ccc3OC)C2)cc1. The molecule has 1 heterocycles. The summed E-state index contributed by atoms with van der Waals surface area (Å²) in [5.41, 5.74) is 2.53. The molecule has 1 saturated heterocycles. The number of ether oxygens (including phenoxy) is 1. The average molecular weight is 373 g/mol. The van der Waals surface area contributed by atoms with E-state index in [1.54, 1.807) is 23.1 Å². The van der Waals surface area contributed by atoms with Gasteiger partial charge in [0.05, 0.1) is 18.7 Å². The molecule has 3 rings (SSSR count). The molecule has 2 amide bonds. The molecule has 26 heavy (non-hydrogen) atoms. The molecule has 1 fully saturated rings. The van der Waals surface area contributed by atoms with Crippen LogP contribution < -0.4 is 15.0 Å². The monoisotopic (exact) mass is 372 g/mol. The topological polar surface area (TPSA) is 58.6 Å². The normalized spacial score (nSPS) is 16.7. The number of nitrogens with zero attached hydrogens (tertiary/aromatic N) is 1. The van der Waals surface area contributed by atoms with Gasteiger partial charge in [-0.15, -0.1) is 0 Å². The largest absolute Gasteiger partial charge is 0.495 e. The van der Waals surface area contributed by atoms with Gasteiger partial charge < -0.3 is 15.0 Å². The third kappa shape index (κ3) is 3.83. The number of nitrogens with one attached hydrogen (secondary N) is 1. The van der Waals surface area contributed by atoms with E-state index in [4.69, 9.17) is 16.3 Å². The van der Waals surface area contributed by atoms with Crippen LogP contribution in [0.1, 0.15) is 18.9 Å². The highest BCUT2D eigenvalue weighted by molar-refractivity contribution is 6.31. The summed E-state index contributed by atoms with van der Waals surface area (Å²) in [7, 11) is 1.54. The Morgan fingerprint density at radius 1 is 1.27 bits per heavy atom. The number of amides is 2. The number of hydrogen-bond acceptors (Lipinski definition) is 3. The summed E-state index contributed by atoms with van der Waals surface area (Å²) < 4.78 is 5.32. The number of benzene rings is 2. The quantitative estimate of drug-likeness (QED) is 0.865. The first-order valence-electron chi connectivity index (χ1n) is 8.55. The van der Waals surface area contributed by atoms with Crippen LogP contribution >= 0.6 is 11.6 Å². The van der Waals surface area contributed by atoms with Crippen molar-refractivity contribution in [3.63, 3.8) is 0 Å². The van der Waals surface area contributed by atoms with Crippen LogP contribution in [0.25, 0.3) is 0 Å². The van der Waals surface area contributed by atoms with Crippen molar-refractivity contribution >= 4 is 34.8 Å². The van der Waals surface area contributed by atoms with Crippen LogP contribution in [0.15, 0.2) is 42.5 Å². The maximum Gasteiger partial charge on any atom is 0.229 e. The zero-order valence-electron chi connectivity index (χ0n) is 14.8. The van der Waals surface area contributed by atoms with Crippen molar-refractivity contribution in [2.24, 2.45) is 5.92 Å². The molecule has 0 radical (unpaired) electrons.